The molecule has 0 aliphatic rings. The number of nitrogens with zero attached hydrogens (tertiary/aromatic N) is 3. The topological polar surface area (TPSA) is 98.1 Å². The van der Waals surface area contributed by atoms with Crippen LogP contribution >= 0.6 is 11.8 Å². The van der Waals surface area contributed by atoms with E-state index in [0.29, 0.717) is 28.8 Å². The maximum Gasteiger partial charge on any atom is 0.251 e. The number of hydrogen-bond donors (Lipinski definition) is 2. The van der Waals surface area contributed by atoms with Gasteiger partial charge in [-0.15, -0.1) is 10.2 Å². The fourth-order valence-electron chi connectivity index (χ4n) is 3.12. The molecular formula is C23H27N5O3S. The Balaban J connectivity index is 1.53. The van der Waals surface area contributed by atoms with Crippen LogP contribution < -0.4 is 15.4 Å². The van der Waals surface area contributed by atoms with E-state index in [2.05, 4.69) is 20.8 Å². The molecule has 0 radical (unpaired) electrons. The van der Waals surface area contributed by atoms with Crippen LogP contribution in [0.2, 0.25) is 0 Å². The second-order valence-corrected chi connectivity index (χ2v) is 7.99. The summed E-state index contributed by atoms with van der Waals surface area (Å²) in [6.07, 6.45) is 0. The van der Waals surface area contributed by atoms with Crippen LogP contribution in [0, 0.1) is 0 Å². The van der Waals surface area contributed by atoms with Crippen molar-refractivity contribution in [3.8, 4) is 5.75 Å². The van der Waals surface area contributed by atoms with Gasteiger partial charge in [0.1, 0.15) is 5.75 Å². The number of amides is 2. The summed E-state index contributed by atoms with van der Waals surface area (Å²) in [5.74, 6) is 1.27. The first-order valence-electron chi connectivity index (χ1n) is 10.3. The number of thioether (sulfide) groups is 1. The van der Waals surface area contributed by atoms with Gasteiger partial charge >= 0.3 is 0 Å². The van der Waals surface area contributed by atoms with E-state index in [4.69, 9.17) is 4.74 Å². The summed E-state index contributed by atoms with van der Waals surface area (Å²) in [5, 5.41) is 14.9. The average molecular weight is 454 g/mol. The number of benzene rings is 2. The summed E-state index contributed by atoms with van der Waals surface area (Å²) < 4.78 is 7.01. The standard InChI is InChI=1S/C23H27N5O3S/c1-4-28-20(14-24-22(30)18-10-12-19(31-3)13-11-18)26-27-23(28)32-15-21(29)25-16(2)17-8-6-5-7-9-17/h5-13,16H,4,14-15H2,1-3H3,(H,24,30)(H,25,29). The molecule has 168 valence electrons. The molecule has 2 N–H and O–H groups in total. The molecule has 0 saturated carbocycles. The normalized spacial score (nSPS) is 11.6. The molecule has 0 fully saturated rings. The van der Waals surface area contributed by atoms with Gasteiger partial charge in [-0.2, -0.15) is 0 Å². The van der Waals surface area contributed by atoms with E-state index >= 15 is 0 Å². The zero-order valence-electron chi connectivity index (χ0n) is 18.4. The smallest absolute Gasteiger partial charge is 0.251 e. The lowest BCUT2D eigenvalue weighted by Crippen LogP contribution is -2.28. The van der Waals surface area contributed by atoms with Crippen molar-refractivity contribution in [3.05, 3.63) is 71.5 Å². The molecule has 1 heterocycles. The quantitative estimate of drug-likeness (QED) is 0.458. The van der Waals surface area contributed by atoms with Gasteiger partial charge in [-0.1, -0.05) is 42.1 Å². The number of carbonyl (C=O) groups excluding carboxylic acids is 2. The van der Waals surface area contributed by atoms with E-state index in [-0.39, 0.29) is 30.2 Å². The molecule has 9 heteroatoms. The lowest BCUT2D eigenvalue weighted by atomic mass is 10.1. The average Bonchev–Trinajstić information content (AvgIpc) is 3.23. The van der Waals surface area contributed by atoms with Crippen molar-refractivity contribution < 1.29 is 14.3 Å². The summed E-state index contributed by atoms with van der Waals surface area (Å²) in [5.41, 5.74) is 1.59. The predicted molar refractivity (Wildman–Crippen MR) is 124 cm³/mol. The van der Waals surface area contributed by atoms with Crippen LogP contribution in [0.15, 0.2) is 59.8 Å². The van der Waals surface area contributed by atoms with Crippen LogP contribution in [0.5, 0.6) is 5.75 Å². The third-order valence-corrected chi connectivity index (χ3v) is 5.85. The highest BCUT2D eigenvalue weighted by Gasteiger charge is 2.16. The largest absolute Gasteiger partial charge is 0.497 e. The Bertz CT molecular complexity index is 1040. The monoisotopic (exact) mass is 453 g/mol. The molecule has 0 aliphatic carbocycles. The third-order valence-electron chi connectivity index (χ3n) is 4.88. The number of carbonyl (C=O) groups is 2. The maximum atomic E-state index is 12.4. The van der Waals surface area contributed by atoms with Gasteiger partial charge in [0, 0.05) is 12.1 Å². The first-order valence-corrected chi connectivity index (χ1v) is 11.3. The van der Waals surface area contributed by atoms with Gasteiger partial charge in [0.25, 0.3) is 5.91 Å². The van der Waals surface area contributed by atoms with Crippen molar-refractivity contribution in [2.24, 2.45) is 0 Å². The van der Waals surface area contributed by atoms with Gasteiger partial charge in [0.2, 0.25) is 5.91 Å². The minimum Gasteiger partial charge on any atom is -0.497 e. The Labute approximate surface area is 191 Å². The molecule has 1 unspecified atom stereocenters. The molecule has 0 aliphatic heterocycles. The van der Waals surface area contributed by atoms with Crippen LogP contribution in [0.4, 0.5) is 0 Å². The second-order valence-electron chi connectivity index (χ2n) is 7.04. The van der Waals surface area contributed by atoms with Crippen molar-refractivity contribution in [1.82, 2.24) is 25.4 Å². The van der Waals surface area contributed by atoms with Crippen LogP contribution in [-0.4, -0.2) is 39.4 Å². The van der Waals surface area contributed by atoms with E-state index in [9.17, 15) is 9.59 Å². The van der Waals surface area contributed by atoms with Crippen LogP contribution in [0.1, 0.15) is 41.6 Å². The minimum absolute atomic E-state index is 0.0722. The highest BCUT2D eigenvalue weighted by atomic mass is 32.2. The van der Waals surface area contributed by atoms with Crippen LogP contribution in [-0.2, 0) is 17.9 Å². The van der Waals surface area contributed by atoms with Crippen molar-refractivity contribution >= 4 is 23.6 Å². The molecule has 0 saturated heterocycles. The van der Waals surface area contributed by atoms with E-state index < -0.39 is 0 Å². The lowest BCUT2D eigenvalue weighted by molar-refractivity contribution is -0.119. The number of hydrogen-bond acceptors (Lipinski definition) is 6. The maximum absolute atomic E-state index is 12.4. The van der Waals surface area contributed by atoms with Gasteiger partial charge in [-0.25, -0.2) is 0 Å². The van der Waals surface area contributed by atoms with E-state index in [1.54, 1.807) is 31.4 Å². The first kappa shape index (κ1) is 23.3. The fraction of sp³-hybridized carbons (Fsp3) is 0.304. The van der Waals surface area contributed by atoms with Crippen LogP contribution in [0.25, 0.3) is 0 Å². The summed E-state index contributed by atoms with van der Waals surface area (Å²) in [4.78, 5) is 24.8. The van der Waals surface area contributed by atoms with Gasteiger partial charge < -0.3 is 19.9 Å². The van der Waals surface area contributed by atoms with Crippen molar-refractivity contribution in [2.45, 2.75) is 38.1 Å². The summed E-state index contributed by atoms with van der Waals surface area (Å²) in [7, 11) is 1.58. The van der Waals surface area contributed by atoms with Crippen molar-refractivity contribution in [3.63, 3.8) is 0 Å². The molecule has 2 amide bonds. The molecule has 32 heavy (non-hydrogen) atoms. The molecular weight excluding hydrogens is 426 g/mol. The Morgan fingerprint density at radius 1 is 1.09 bits per heavy atom. The highest BCUT2D eigenvalue weighted by molar-refractivity contribution is 7.99. The van der Waals surface area contributed by atoms with Gasteiger partial charge in [-0.05, 0) is 43.7 Å². The minimum atomic E-state index is -0.207. The molecule has 1 aromatic heterocycles. The van der Waals surface area contributed by atoms with Gasteiger partial charge in [0.15, 0.2) is 11.0 Å². The number of aromatic nitrogens is 3. The summed E-state index contributed by atoms with van der Waals surface area (Å²) in [6.45, 7) is 4.80. The Hall–Kier alpha value is -3.33. The zero-order chi connectivity index (χ0) is 22.9. The molecule has 8 nitrogen and oxygen atoms in total. The zero-order valence-corrected chi connectivity index (χ0v) is 19.2. The number of methoxy groups -OCH3 is 1. The van der Waals surface area contributed by atoms with Crippen molar-refractivity contribution in [2.75, 3.05) is 12.9 Å². The molecule has 0 bridgehead atoms. The number of ether oxygens (including phenoxy) is 1. The molecule has 3 aromatic rings. The Morgan fingerprint density at radius 3 is 2.47 bits per heavy atom. The first-order chi connectivity index (χ1) is 15.5. The van der Waals surface area contributed by atoms with E-state index in [1.807, 2.05) is 48.7 Å². The highest BCUT2D eigenvalue weighted by Crippen LogP contribution is 2.18. The predicted octanol–water partition coefficient (Wildman–Crippen LogP) is 3.21. The van der Waals surface area contributed by atoms with E-state index in [0.717, 1.165) is 5.56 Å². The van der Waals surface area contributed by atoms with Crippen LogP contribution in [0.3, 0.4) is 0 Å². The molecule has 0 spiro atoms. The molecule has 3 rings (SSSR count). The number of rotatable bonds is 10. The second kappa shape index (κ2) is 11.3. The summed E-state index contributed by atoms with van der Waals surface area (Å²) >= 11 is 1.32. The van der Waals surface area contributed by atoms with Crippen molar-refractivity contribution in [1.29, 1.82) is 0 Å². The molecule has 2 aromatic carbocycles. The third kappa shape index (κ3) is 6.10. The number of nitrogens with one attached hydrogen (secondary N) is 2. The fourth-order valence-corrected chi connectivity index (χ4v) is 3.95. The lowest BCUT2D eigenvalue weighted by Gasteiger charge is -2.14. The van der Waals surface area contributed by atoms with Gasteiger partial charge in [-0.3, -0.25) is 9.59 Å². The Kier molecular flexibility index (Phi) is 8.27. The SMILES string of the molecule is CCn1c(CNC(=O)c2ccc(OC)cc2)nnc1SCC(=O)NC(C)c1ccccc1. The Morgan fingerprint density at radius 2 is 1.81 bits per heavy atom. The van der Waals surface area contributed by atoms with Gasteiger partial charge in [0.05, 0.1) is 25.4 Å². The summed E-state index contributed by atoms with van der Waals surface area (Å²) in [6, 6.07) is 16.6. The molecule has 1 atom stereocenters. The van der Waals surface area contributed by atoms with E-state index in [1.165, 1.54) is 11.8 Å².